The number of rotatable bonds is 5. The molecule has 2 saturated carbocycles. The van der Waals surface area contributed by atoms with Crippen molar-refractivity contribution >= 4 is 0 Å². The summed E-state index contributed by atoms with van der Waals surface area (Å²) >= 11 is 0. The van der Waals surface area contributed by atoms with Crippen molar-refractivity contribution in [2.45, 2.75) is 92.3 Å². The zero-order chi connectivity index (χ0) is 20.4. The minimum atomic E-state index is 0.164. The molecule has 8 unspecified atom stereocenters. The molecule has 0 aromatic rings. The molecule has 0 aromatic carbocycles. The van der Waals surface area contributed by atoms with E-state index in [1.165, 1.54) is 38.5 Å². The third-order valence-electron chi connectivity index (χ3n) is 8.35. The number of ether oxygens (including phenoxy) is 1. The van der Waals surface area contributed by atoms with Crippen molar-refractivity contribution in [1.29, 1.82) is 0 Å². The molecule has 1 saturated heterocycles. The molecular formula is C24H44N2O2. The molecule has 0 N–H and O–H groups in total. The van der Waals surface area contributed by atoms with Gasteiger partial charge in [-0.2, -0.15) is 0 Å². The maximum Gasteiger partial charge on any atom is 0.0803 e. The number of hydrogen-bond acceptors (Lipinski definition) is 3. The van der Waals surface area contributed by atoms with E-state index < -0.39 is 0 Å². The van der Waals surface area contributed by atoms with Gasteiger partial charge in [-0.15, -0.1) is 4.91 Å². The molecule has 0 bridgehead atoms. The maximum atomic E-state index is 11.6. The van der Waals surface area contributed by atoms with E-state index >= 15 is 0 Å². The Morgan fingerprint density at radius 1 is 0.786 bits per heavy atom. The van der Waals surface area contributed by atoms with Crippen LogP contribution in [0.2, 0.25) is 0 Å². The monoisotopic (exact) mass is 392 g/mol. The van der Waals surface area contributed by atoms with Crippen molar-refractivity contribution < 1.29 is 4.74 Å². The van der Waals surface area contributed by atoms with E-state index in [2.05, 4.69) is 46.8 Å². The molecule has 0 amide bonds. The SMILES string of the molecule is CC1CCC(C(C)C)C(C2CN(N=O)CC(C3CC(C)CCC3C(C)C)O2)C1. The maximum absolute atomic E-state index is 11.6. The lowest BCUT2D eigenvalue weighted by Crippen LogP contribution is -2.54. The van der Waals surface area contributed by atoms with E-state index in [0.29, 0.717) is 48.6 Å². The molecule has 28 heavy (non-hydrogen) atoms. The molecule has 3 fully saturated rings. The van der Waals surface area contributed by atoms with E-state index in [-0.39, 0.29) is 12.2 Å². The van der Waals surface area contributed by atoms with Gasteiger partial charge in [0.25, 0.3) is 0 Å². The summed E-state index contributed by atoms with van der Waals surface area (Å²) in [5.41, 5.74) is 0. The normalized spacial score (nSPS) is 42.8. The summed E-state index contributed by atoms with van der Waals surface area (Å²) in [7, 11) is 0. The fourth-order valence-corrected chi connectivity index (χ4v) is 6.75. The third-order valence-corrected chi connectivity index (χ3v) is 8.35. The van der Waals surface area contributed by atoms with Gasteiger partial charge < -0.3 is 4.74 Å². The first-order valence-electron chi connectivity index (χ1n) is 12.0. The van der Waals surface area contributed by atoms with Gasteiger partial charge >= 0.3 is 0 Å². The minimum Gasteiger partial charge on any atom is -0.371 e. The molecule has 1 heterocycles. The predicted octanol–water partition coefficient (Wildman–Crippen LogP) is 6.15. The average Bonchev–Trinajstić information content (AvgIpc) is 2.66. The second-order valence-electron chi connectivity index (χ2n) is 11.1. The number of morpholine rings is 1. The molecule has 3 aliphatic rings. The van der Waals surface area contributed by atoms with Gasteiger partial charge in [0, 0.05) is 0 Å². The van der Waals surface area contributed by atoms with E-state index in [0.717, 1.165) is 11.8 Å². The molecule has 1 aliphatic heterocycles. The van der Waals surface area contributed by atoms with Crippen LogP contribution in [0.15, 0.2) is 5.29 Å². The van der Waals surface area contributed by atoms with Gasteiger partial charge in [0.05, 0.1) is 30.6 Å². The Morgan fingerprint density at radius 3 is 1.57 bits per heavy atom. The topological polar surface area (TPSA) is 41.9 Å². The fraction of sp³-hybridized carbons (Fsp3) is 1.00. The first-order valence-corrected chi connectivity index (χ1v) is 12.0. The molecule has 4 nitrogen and oxygen atoms in total. The van der Waals surface area contributed by atoms with Gasteiger partial charge in [-0.1, -0.05) is 54.4 Å². The number of hydrogen-bond donors (Lipinski definition) is 0. The largest absolute Gasteiger partial charge is 0.371 e. The van der Waals surface area contributed by atoms with Crippen molar-refractivity contribution in [3.05, 3.63) is 4.91 Å². The summed E-state index contributed by atoms with van der Waals surface area (Å²) in [5.74, 6) is 5.43. The second-order valence-corrected chi connectivity index (χ2v) is 11.1. The van der Waals surface area contributed by atoms with Crippen LogP contribution in [-0.2, 0) is 4.74 Å². The summed E-state index contributed by atoms with van der Waals surface area (Å²) in [4.78, 5) is 11.6. The standard InChI is InChI=1S/C24H44N2O2/c1-15(2)19-9-7-17(5)11-21(19)23-13-26(25-27)14-24(28-23)22-12-18(6)8-10-20(22)16(3)4/h15-24H,7-14H2,1-6H3. The summed E-state index contributed by atoms with van der Waals surface area (Å²) in [6, 6.07) is 0. The summed E-state index contributed by atoms with van der Waals surface area (Å²) in [6.45, 7) is 15.6. The molecule has 3 rings (SSSR count). The zero-order valence-corrected chi connectivity index (χ0v) is 19.1. The number of nitroso groups, excluding NO2 is 1. The van der Waals surface area contributed by atoms with E-state index in [9.17, 15) is 4.91 Å². The van der Waals surface area contributed by atoms with Gasteiger partial charge in [-0.25, -0.2) is 0 Å². The van der Waals surface area contributed by atoms with Crippen LogP contribution in [0.1, 0.15) is 80.1 Å². The first-order chi connectivity index (χ1) is 13.3. The van der Waals surface area contributed by atoms with Crippen LogP contribution in [0.5, 0.6) is 0 Å². The highest BCUT2D eigenvalue weighted by molar-refractivity contribution is 4.93. The van der Waals surface area contributed by atoms with Gasteiger partial charge in [0.1, 0.15) is 0 Å². The van der Waals surface area contributed by atoms with E-state index in [4.69, 9.17) is 4.74 Å². The molecule has 162 valence electrons. The van der Waals surface area contributed by atoms with Gasteiger partial charge in [-0.3, -0.25) is 5.01 Å². The van der Waals surface area contributed by atoms with Crippen molar-refractivity contribution in [3.63, 3.8) is 0 Å². The molecule has 4 heteroatoms. The van der Waals surface area contributed by atoms with Crippen LogP contribution in [0, 0.1) is 52.3 Å². The third kappa shape index (κ3) is 4.91. The van der Waals surface area contributed by atoms with Crippen molar-refractivity contribution in [1.82, 2.24) is 5.01 Å². The molecule has 0 spiro atoms. The lowest BCUT2D eigenvalue weighted by Gasteiger charge is -2.49. The Kier molecular flexibility index (Phi) is 7.44. The van der Waals surface area contributed by atoms with Gasteiger partial charge in [0.2, 0.25) is 0 Å². The highest BCUT2D eigenvalue weighted by atomic mass is 16.5. The van der Waals surface area contributed by atoms with Crippen LogP contribution in [0.25, 0.3) is 0 Å². The van der Waals surface area contributed by atoms with Crippen molar-refractivity contribution in [2.75, 3.05) is 13.1 Å². The van der Waals surface area contributed by atoms with Crippen LogP contribution in [-0.4, -0.2) is 30.3 Å². The predicted molar refractivity (Wildman–Crippen MR) is 116 cm³/mol. The van der Waals surface area contributed by atoms with Gasteiger partial charge in [-0.05, 0) is 73.0 Å². The van der Waals surface area contributed by atoms with E-state index in [1.54, 1.807) is 5.01 Å². The Balaban J connectivity index is 1.80. The molecule has 8 atom stereocenters. The second kappa shape index (κ2) is 9.45. The van der Waals surface area contributed by atoms with Crippen LogP contribution >= 0.6 is 0 Å². The lowest BCUT2D eigenvalue weighted by molar-refractivity contribution is -0.163. The highest BCUT2D eigenvalue weighted by Crippen LogP contribution is 2.45. The fourth-order valence-electron chi connectivity index (χ4n) is 6.75. The average molecular weight is 393 g/mol. The summed E-state index contributed by atoms with van der Waals surface area (Å²) < 4.78 is 6.91. The quantitative estimate of drug-likeness (QED) is 0.527. The molecule has 0 radical (unpaired) electrons. The minimum absolute atomic E-state index is 0.164. The highest BCUT2D eigenvalue weighted by Gasteiger charge is 2.45. The smallest absolute Gasteiger partial charge is 0.0803 e. The van der Waals surface area contributed by atoms with Crippen LogP contribution in [0.3, 0.4) is 0 Å². The van der Waals surface area contributed by atoms with Crippen molar-refractivity contribution in [2.24, 2.45) is 52.6 Å². The van der Waals surface area contributed by atoms with Gasteiger partial charge in [0.15, 0.2) is 0 Å². The van der Waals surface area contributed by atoms with Crippen LogP contribution < -0.4 is 0 Å². The lowest BCUT2D eigenvalue weighted by atomic mass is 9.66. The summed E-state index contributed by atoms with van der Waals surface area (Å²) in [5, 5.41) is 5.22. The van der Waals surface area contributed by atoms with Crippen LogP contribution in [0.4, 0.5) is 0 Å². The van der Waals surface area contributed by atoms with E-state index in [1.807, 2.05) is 0 Å². The Labute approximate surface area is 173 Å². The van der Waals surface area contributed by atoms with Crippen molar-refractivity contribution in [3.8, 4) is 0 Å². The molecular weight excluding hydrogens is 348 g/mol. The Bertz CT molecular complexity index is 469. The number of nitrogens with zero attached hydrogens (tertiary/aromatic N) is 2. The Morgan fingerprint density at radius 2 is 1.21 bits per heavy atom. The molecule has 0 aromatic heterocycles. The zero-order valence-electron chi connectivity index (χ0n) is 19.1. The Hall–Kier alpha value is -0.640. The first kappa shape index (κ1) is 22.1. The summed E-state index contributed by atoms with van der Waals surface area (Å²) in [6.07, 6.45) is 8.08. The molecule has 2 aliphatic carbocycles.